The predicted octanol–water partition coefficient (Wildman–Crippen LogP) is 4.15. The number of hydrogen-bond acceptors (Lipinski definition) is 2. The molecule has 1 aliphatic carbocycles. The van der Waals surface area contributed by atoms with E-state index in [2.05, 4.69) is 4.98 Å². The van der Waals surface area contributed by atoms with E-state index in [4.69, 9.17) is 11.6 Å². The lowest BCUT2D eigenvalue weighted by Crippen LogP contribution is -2.30. The molecule has 6 heteroatoms. The van der Waals surface area contributed by atoms with Gasteiger partial charge in [-0.2, -0.15) is 13.2 Å². The number of halogens is 4. The molecule has 1 saturated carbocycles. The zero-order valence-electron chi connectivity index (χ0n) is 10.5. The lowest BCUT2D eigenvalue weighted by Gasteiger charge is -2.30. The van der Waals surface area contributed by atoms with Crippen molar-refractivity contribution >= 4 is 11.6 Å². The third kappa shape index (κ3) is 2.58. The molecule has 2 unspecified atom stereocenters. The van der Waals surface area contributed by atoms with E-state index in [1.54, 1.807) is 0 Å². The van der Waals surface area contributed by atoms with Gasteiger partial charge in [0.15, 0.2) is 0 Å². The number of alkyl halides is 3. The van der Waals surface area contributed by atoms with Gasteiger partial charge in [0.1, 0.15) is 10.8 Å². The Kier molecular flexibility index (Phi) is 3.80. The maximum absolute atomic E-state index is 12.5. The highest BCUT2D eigenvalue weighted by atomic mass is 35.5. The molecule has 2 rings (SSSR count). The number of aromatic nitrogens is 1. The first-order chi connectivity index (χ1) is 8.79. The zero-order valence-corrected chi connectivity index (χ0v) is 11.2. The first-order valence-corrected chi connectivity index (χ1v) is 6.63. The van der Waals surface area contributed by atoms with E-state index in [1.807, 2.05) is 6.92 Å². The van der Waals surface area contributed by atoms with Crippen molar-refractivity contribution in [1.82, 2.24) is 4.98 Å². The fraction of sp³-hybridized carbons (Fsp3) is 0.615. The van der Waals surface area contributed by atoms with Crippen molar-refractivity contribution in [3.05, 3.63) is 28.5 Å². The quantitative estimate of drug-likeness (QED) is 0.831. The van der Waals surface area contributed by atoms with Crippen LogP contribution >= 0.6 is 11.6 Å². The van der Waals surface area contributed by atoms with Gasteiger partial charge < -0.3 is 5.11 Å². The van der Waals surface area contributed by atoms with Gasteiger partial charge in [0.05, 0.1) is 5.60 Å². The minimum atomic E-state index is -4.52. The van der Waals surface area contributed by atoms with Gasteiger partial charge in [-0.05, 0) is 31.2 Å². The maximum Gasteiger partial charge on any atom is 0.433 e. The first kappa shape index (κ1) is 14.6. The highest BCUT2D eigenvalue weighted by Crippen LogP contribution is 2.47. The van der Waals surface area contributed by atoms with Crippen LogP contribution in [0.5, 0.6) is 0 Å². The lowest BCUT2D eigenvalue weighted by molar-refractivity contribution is -0.141. The van der Waals surface area contributed by atoms with Crippen molar-refractivity contribution in [1.29, 1.82) is 0 Å². The Hall–Kier alpha value is -0.810. The molecule has 19 heavy (non-hydrogen) atoms. The monoisotopic (exact) mass is 293 g/mol. The minimum absolute atomic E-state index is 0.0172. The molecule has 0 amide bonds. The van der Waals surface area contributed by atoms with Gasteiger partial charge in [-0.1, -0.05) is 31.0 Å². The number of nitrogens with zero attached hydrogens (tertiary/aromatic N) is 1. The summed E-state index contributed by atoms with van der Waals surface area (Å²) in [6.45, 7) is 1.95. The van der Waals surface area contributed by atoms with E-state index in [1.165, 1.54) is 6.07 Å². The predicted molar refractivity (Wildman–Crippen MR) is 65.8 cm³/mol. The van der Waals surface area contributed by atoms with Gasteiger partial charge >= 0.3 is 6.18 Å². The summed E-state index contributed by atoms with van der Waals surface area (Å²) >= 11 is 5.86. The Balaban J connectivity index is 2.41. The van der Waals surface area contributed by atoms with Crippen LogP contribution in [0.3, 0.4) is 0 Å². The molecule has 1 aromatic rings. The molecule has 1 aromatic heterocycles. The van der Waals surface area contributed by atoms with Crippen LogP contribution in [0.15, 0.2) is 12.1 Å². The van der Waals surface area contributed by atoms with Crippen LogP contribution in [0, 0.1) is 5.92 Å². The second-order valence-electron chi connectivity index (χ2n) is 4.95. The van der Waals surface area contributed by atoms with E-state index in [0.29, 0.717) is 12.0 Å². The van der Waals surface area contributed by atoms with Crippen molar-refractivity contribution in [2.45, 2.75) is 44.4 Å². The van der Waals surface area contributed by atoms with Crippen LogP contribution in [-0.4, -0.2) is 10.1 Å². The summed E-state index contributed by atoms with van der Waals surface area (Å²) in [5.41, 5.74) is -1.87. The molecule has 0 radical (unpaired) electrons. The van der Waals surface area contributed by atoms with Crippen molar-refractivity contribution in [3.8, 4) is 0 Å². The van der Waals surface area contributed by atoms with Gasteiger partial charge in [-0.3, -0.25) is 0 Å². The third-order valence-corrected chi connectivity index (χ3v) is 4.17. The second kappa shape index (κ2) is 4.94. The van der Waals surface area contributed by atoms with Gasteiger partial charge in [0.25, 0.3) is 0 Å². The van der Waals surface area contributed by atoms with Crippen molar-refractivity contribution < 1.29 is 18.3 Å². The summed E-state index contributed by atoms with van der Waals surface area (Å²) in [4.78, 5) is 3.38. The highest BCUT2D eigenvalue weighted by molar-refractivity contribution is 6.30. The summed E-state index contributed by atoms with van der Waals surface area (Å²) in [5.74, 6) is 0.0172. The largest absolute Gasteiger partial charge is 0.433 e. The molecule has 1 heterocycles. The fourth-order valence-corrected chi connectivity index (χ4v) is 3.19. The molecule has 0 spiro atoms. The van der Waals surface area contributed by atoms with Gasteiger partial charge in [-0.25, -0.2) is 4.98 Å². The Bertz CT molecular complexity index is 477. The molecular formula is C13H15ClF3NO. The third-order valence-electron chi connectivity index (χ3n) is 3.88. The molecule has 106 valence electrons. The van der Waals surface area contributed by atoms with Gasteiger partial charge in [0.2, 0.25) is 0 Å². The topological polar surface area (TPSA) is 33.1 Å². The summed E-state index contributed by atoms with van der Waals surface area (Å²) in [7, 11) is 0. The van der Waals surface area contributed by atoms with E-state index in [0.717, 1.165) is 25.3 Å². The number of aliphatic hydroxyl groups is 1. The minimum Gasteiger partial charge on any atom is -0.385 e. The van der Waals surface area contributed by atoms with E-state index in [-0.39, 0.29) is 11.1 Å². The van der Waals surface area contributed by atoms with Crippen LogP contribution in [0.4, 0.5) is 13.2 Å². The van der Waals surface area contributed by atoms with Gasteiger partial charge in [0, 0.05) is 5.56 Å². The molecule has 0 saturated heterocycles. The molecule has 1 N–H and O–H groups in total. The summed E-state index contributed by atoms with van der Waals surface area (Å²) in [6.07, 6.45) is -1.56. The smallest absolute Gasteiger partial charge is 0.385 e. The summed E-state index contributed by atoms with van der Waals surface area (Å²) < 4.78 is 37.6. The molecular weight excluding hydrogens is 279 g/mol. The Morgan fingerprint density at radius 3 is 2.68 bits per heavy atom. The van der Waals surface area contributed by atoms with Crippen LogP contribution in [-0.2, 0) is 11.8 Å². The number of pyridine rings is 1. The first-order valence-electron chi connectivity index (χ1n) is 6.25. The Morgan fingerprint density at radius 2 is 2.16 bits per heavy atom. The molecule has 0 aliphatic heterocycles. The van der Waals surface area contributed by atoms with Crippen LogP contribution < -0.4 is 0 Å². The zero-order chi connectivity index (χ0) is 14.3. The standard InChI is InChI=1S/C13H15ClF3NO/c1-2-8-4-3-7-12(8,19)9-5-6-10(13(15,16)17)18-11(9)14/h5-6,8,19H,2-4,7H2,1H3. The summed E-state index contributed by atoms with van der Waals surface area (Å²) in [6, 6.07) is 2.14. The van der Waals surface area contributed by atoms with Crippen LogP contribution in [0.25, 0.3) is 0 Å². The molecule has 2 nitrogen and oxygen atoms in total. The average Bonchev–Trinajstić information content (AvgIpc) is 2.70. The SMILES string of the molecule is CCC1CCCC1(O)c1ccc(C(F)(F)F)nc1Cl. The van der Waals surface area contributed by atoms with Crippen molar-refractivity contribution in [2.75, 3.05) is 0 Å². The van der Waals surface area contributed by atoms with E-state index in [9.17, 15) is 18.3 Å². The van der Waals surface area contributed by atoms with Crippen molar-refractivity contribution in [2.24, 2.45) is 5.92 Å². The maximum atomic E-state index is 12.5. The van der Waals surface area contributed by atoms with Crippen LogP contribution in [0.2, 0.25) is 5.15 Å². The fourth-order valence-electron chi connectivity index (χ4n) is 2.87. The number of rotatable bonds is 2. The van der Waals surface area contributed by atoms with E-state index < -0.39 is 17.5 Å². The highest BCUT2D eigenvalue weighted by Gasteiger charge is 2.44. The Morgan fingerprint density at radius 1 is 1.47 bits per heavy atom. The second-order valence-corrected chi connectivity index (χ2v) is 5.31. The molecule has 1 aliphatic rings. The summed E-state index contributed by atoms with van der Waals surface area (Å²) in [5, 5.41) is 10.4. The molecule has 1 fully saturated rings. The molecule has 0 bridgehead atoms. The normalized spacial score (nSPS) is 27.8. The van der Waals surface area contributed by atoms with Crippen LogP contribution in [0.1, 0.15) is 43.9 Å². The van der Waals surface area contributed by atoms with Crippen molar-refractivity contribution in [3.63, 3.8) is 0 Å². The molecule has 0 aromatic carbocycles. The lowest BCUT2D eigenvalue weighted by atomic mass is 9.83. The number of hydrogen-bond donors (Lipinski definition) is 1. The molecule has 2 atom stereocenters. The Labute approximate surface area is 114 Å². The van der Waals surface area contributed by atoms with E-state index >= 15 is 0 Å². The van der Waals surface area contributed by atoms with Gasteiger partial charge in [-0.15, -0.1) is 0 Å². The average molecular weight is 294 g/mol.